The van der Waals surface area contributed by atoms with Gasteiger partial charge in [0.25, 0.3) is 5.91 Å². The van der Waals surface area contributed by atoms with Crippen LogP contribution in [0.1, 0.15) is 23.6 Å². The van der Waals surface area contributed by atoms with Crippen molar-refractivity contribution in [3.05, 3.63) is 108 Å². The molecule has 1 unspecified atom stereocenters. The molecule has 1 atom stereocenters. The summed E-state index contributed by atoms with van der Waals surface area (Å²) in [5.74, 6) is -0.642. The molecule has 0 aliphatic carbocycles. The molecule has 3 heteroatoms. The molecule has 0 aromatic heterocycles. The molecule has 0 bridgehead atoms. The van der Waals surface area contributed by atoms with Crippen LogP contribution in [0.25, 0.3) is 0 Å². The van der Waals surface area contributed by atoms with E-state index >= 15 is 0 Å². The largest absolute Gasteiger partial charge is 0.336 e. The zero-order valence-electron chi connectivity index (χ0n) is 14.0. The summed E-state index contributed by atoms with van der Waals surface area (Å²) in [4.78, 5) is 12.4. The SMILES string of the molecule is CC(F)C(=O)NC(c1ccccc1)(c1ccccc1)c1ccccc1. The molecule has 0 saturated carbocycles. The zero-order valence-corrected chi connectivity index (χ0v) is 14.0. The molecule has 0 fully saturated rings. The van der Waals surface area contributed by atoms with Gasteiger partial charge in [-0.1, -0.05) is 91.0 Å². The average Bonchev–Trinajstić information content (AvgIpc) is 2.68. The van der Waals surface area contributed by atoms with E-state index in [1.54, 1.807) is 0 Å². The number of nitrogens with one attached hydrogen (secondary N) is 1. The molecule has 0 spiro atoms. The predicted octanol–water partition coefficient (Wildman–Crippen LogP) is 4.45. The van der Waals surface area contributed by atoms with Crippen LogP contribution in [-0.2, 0) is 10.3 Å². The Morgan fingerprint density at radius 1 is 0.760 bits per heavy atom. The van der Waals surface area contributed by atoms with E-state index in [-0.39, 0.29) is 0 Å². The van der Waals surface area contributed by atoms with Crippen molar-refractivity contribution in [3.8, 4) is 0 Å². The van der Waals surface area contributed by atoms with Gasteiger partial charge in [0.05, 0.1) is 0 Å². The fourth-order valence-corrected chi connectivity index (χ4v) is 3.07. The minimum absolute atomic E-state index is 0.642. The van der Waals surface area contributed by atoms with Crippen LogP contribution in [0.2, 0.25) is 0 Å². The number of benzene rings is 3. The first-order valence-electron chi connectivity index (χ1n) is 8.27. The van der Waals surface area contributed by atoms with E-state index in [1.807, 2.05) is 91.0 Å². The van der Waals surface area contributed by atoms with Crippen molar-refractivity contribution in [2.24, 2.45) is 0 Å². The summed E-state index contributed by atoms with van der Waals surface area (Å²) in [6.07, 6.45) is -1.60. The molecule has 3 rings (SSSR count). The lowest BCUT2D eigenvalue weighted by Gasteiger charge is -2.37. The van der Waals surface area contributed by atoms with Crippen LogP contribution in [0, 0.1) is 0 Å². The number of amides is 1. The maximum atomic E-state index is 13.8. The fraction of sp³-hybridized carbons (Fsp3) is 0.136. The topological polar surface area (TPSA) is 29.1 Å². The molecule has 1 amide bonds. The van der Waals surface area contributed by atoms with Gasteiger partial charge in [0, 0.05) is 0 Å². The molecular formula is C22H20FNO. The number of hydrogen-bond donors (Lipinski definition) is 1. The van der Waals surface area contributed by atoms with Crippen molar-refractivity contribution in [1.29, 1.82) is 0 Å². The summed E-state index contributed by atoms with van der Waals surface area (Å²) < 4.78 is 13.8. The minimum atomic E-state index is -1.60. The second-order valence-electron chi connectivity index (χ2n) is 5.95. The van der Waals surface area contributed by atoms with Crippen LogP contribution in [0.3, 0.4) is 0 Å². The van der Waals surface area contributed by atoms with Gasteiger partial charge in [0.1, 0.15) is 5.54 Å². The molecule has 2 nitrogen and oxygen atoms in total. The minimum Gasteiger partial charge on any atom is -0.336 e. The van der Waals surface area contributed by atoms with Crippen LogP contribution in [0.4, 0.5) is 4.39 Å². The van der Waals surface area contributed by atoms with E-state index in [4.69, 9.17) is 0 Å². The van der Waals surface area contributed by atoms with Crippen LogP contribution in [-0.4, -0.2) is 12.1 Å². The Balaban J connectivity index is 2.29. The number of rotatable bonds is 5. The van der Waals surface area contributed by atoms with E-state index in [0.717, 1.165) is 16.7 Å². The van der Waals surface area contributed by atoms with Crippen molar-refractivity contribution in [2.75, 3.05) is 0 Å². The highest BCUT2D eigenvalue weighted by molar-refractivity contribution is 5.82. The van der Waals surface area contributed by atoms with E-state index in [2.05, 4.69) is 5.32 Å². The van der Waals surface area contributed by atoms with Crippen molar-refractivity contribution < 1.29 is 9.18 Å². The maximum Gasteiger partial charge on any atom is 0.255 e. The number of alkyl halides is 1. The van der Waals surface area contributed by atoms with Gasteiger partial charge in [0.2, 0.25) is 0 Å². The predicted molar refractivity (Wildman–Crippen MR) is 97.9 cm³/mol. The highest BCUT2D eigenvalue weighted by atomic mass is 19.1. The highest BCUT2D eigenvalue weighted by Crippen LogP contribution is 2.36. The standard InChI is InChI=1S/C22H20FNO/c1-17(23)21(25)24-22(18-11-5-2-6-12-18,19-13-7-3-8-14-19)20-15-9-4-10-16-20/h2-17H,1H3,(H,24,25). The lowest BCUT2D eigenvalue weighted by Crippen LogP contribution is -2.50. The Kier molecular flexibility index (Phi) is 4.94. The summed E-state index contributed by atoms with van der Waals surface area (Å²) in [5.41, 5.74) is 1.67. The molecule has 126 valence electrons. The molecule has 0 heterocycles. The average molecular weight is 333 g/mol. The Morgan fingerprint density at radius 2 is 1.08 bits per heavy atom. The van der Waals surface area contributed by atoms with E-state index in [9.17, 15) is 9.18 Å². The number of hydrogen-bond acceptors (Lipinski definition) is 1. The maximum absolute atomic E-state index is 13.8. The monoisotopic (exact) mass is 333 g/mol. The number of carbonyl (C=O) groups excluding carboxylic acids is 1. The normalized spacial score (nSPS) is 12.4. The Morgan fingerprint density at radius 3 is 1.36 bits per heavy atom. The van der Waals surface area contributed by atoms with E-state index in [1.165, 1.54) is 6.92 Å². The molecule has 1 N–H and O–H groups in total. The van der Waals surface area contributed by atoms with Crippen LogP contribution < -0.4 is 5.32 Å². The smallest absolute Gasteiger partial charge is 0.255 e. The molecule has 0 saturated heterocycles. The van der Waals surface area contributed by atoms with Gasteiger partial charge in [-0.05, 0) is 23.6 Å². The Bertz CT molecular complexity index is 720. The van der Waals surface area contributed by atoms with Gasteiger partial charge >= 0.3 is 0 Å². The first-order valence-corrected chi connectivity index (χ1v) is 8.27. The first kappa shape index (κ1) is 16.9. The quantitative estimate of drug-likeness (QED) is 0.687. The number of carbonyl (C=O) groups is 1. The summed E-state index contributed by atoms with van der Waals surface area (Å²) >= 11 is 0. The van der Waals surface area contributed by atoms with Crippen molar-refractivity contribution in [2.45, 2.75) is 18.6 Å². The van der Waals surface area contributed by atoms with Crippen LogP contribution in [0.15, 0.2) is 91.0 Å². The second kappa shape index (κ2) is 7.31. The highest BCUT2D eigenvalue weighted by Gasteiger charge is 2.38. The molecule has 0 radical (unpaired) electrons. The summed E-state index contributed by atoms with van der Waals surface area (Å²) in [6.45, 7) is 1.25. The van der Waals surface area contributed by atoms with Crippen LogP contribution in [0.5, 0.6) is 0 Å². The second-order valence-corrected chi connectivity index (χ2v) is 5.95. The lowest BCUT2D eigenvalue weighted by molar-refractivity contribution is -0.126. The summed E-state index contributed by atoms with van der Waals surface area (Å²) in [7, 11) is 0. The molecule has 3 aromatic rings. The van der Waals surface area contributed by atoms with Gasteiger partial charge in [-0.3, -0.25) is 4.79 Å². The molecule has 25 heavy (non-hydrogen) atoms. The summed E-state index contributed by atoms with van der Waals surface area (Å²) in [6, 6.07) is 29.0. The van der Waals surface area contributed by atoms with Crippen molar-refractivity contribution in [3.63, 3.8) is 0 Å². The number of halogens is 1. The van der Waals surface area contributed by atoms with Gasteiger partial charge in [-0.15, -0.1) is 0 Å². The molecule has 0 aliphatic heterocycles. The summed E-state index contributed by atoms with van der Waals surface area (Å²) in [5, 5.41) is 2.96. The van der Waals surface area contributed by atoms with E-state index in [0.29, 0.717) is 0 Å². The third kappa shape index (κ3) is 3.31. The fourth-order valence-electron chi connectivity index (χ4n) is 3.07. The third-order valence-corrected chi connectivity index (χ3v) is 4.29. The molecule has 3 aromatic carbocycles. The van der Waals surface area contributed by atoms with Gasteiger partial charge in [0.15, 0.2) is 6.17 Å². The van der Waals surface area contributed by atoms with Crippen molar-refractivity contribution >= 4 is 5.91 Å². The zero-order chi connectivity index (χ0) is 17.7. The third-order valence-electron chi connectivity index (χ3n) is 4.29. The Labute approximate surface area is 147 Å². The van der Waals surface area contributed by atoms with Gasteiger partial charge < -0.3 is 5.32 Å². The lowest BCUT2D eigenvalue weighted by atomic mass is 9.77. The first-order chi connectivity index (χ1) is 12.1. The van der Waals surface area contributed by atoms with Crippen molar-refractivity contribution in [1.82, 2.24) is 5.32 Å². The van der Waals surface area contributed by atoms with Gasteiger partial charge in [-0.25, -0.2) is 4.39 Å². The van der Waals surface area contributed by atoms with Crippen LogP contribution >= 0.6 is 0 Å². The molecule has 0 aliphatic rings. The van der Waals surface area contributed by atoms with Gasteiger partial charge in [-0.2, -0.15) is 0 Å². The Hall–Kier alpha value is -2.94. The van der Waals surface area contributed by atoms with E-state index < -0.39 is 17.6 Å². The molecular weight excluding hydrogens is 313 g/mol.